The van der Waals surface area contributed by atoms with Crippen molar-refractivity contribution in [2.45, 2.75) is 19.4 Å². The SMILES string of the molecule is CCC(N)c1nncn1-c1ccc(F)cc1. The van der Waals surface area contributed by atoms with Gasteiger partial charge >= 0.3 is 0 Å². The fourth-order valence-corrected chi connectivity index (χ4v) is 1.48. The van der Waals surface area contributed by atoms with Crippen molar-refractivity contribution in [3.05, 3.63) is 42.2 Å². The van der Waals surface area contributed by atoms with Gasteiger partial charge in [-0.3, -0.25) is 4.57 Å². The third kappa shape index (κ3) is 1.94. The highest BCUT2D eigenvalue weighted by molar-refractivity contribution is 5.33. The largest absolute Gasteiger partial charge is 0.321 e. The van der Waals surface area contributed by atoms with Gasteiger partial charge in [-0.2, -0.15) is 0 Å². The van der Waals surface area contributed by atoms with Crippen LogP contribution in [0.5, 0.6) is 0 Å². The van der Waals surface area contributed by atoms with Gasteiger partial charge in [-0.25, -0.2) is 4.39 Å². The van der Waals surface area contributed by atoms with Gasteiger partial charge in [0.05, 0.1) is 6.04 Å². The molecule has 5 heteroatoms. The first kappa shape index (κ1) is 10.8. The summed E-state index contributed by atoms with van der Waals surface area (Å²) in [7, 11) is 0. The lowest BCUT2D eigenvalue weighted by Gasteiger charge is -2.10. The normalized spacial score (nSPS) is 12.7. The van der Waals surface area contributed by atoms with Gasteiger partial charge in [0.1, 0.15) is 12.1 Å². The molecule has 0 amide bonds. The summed E-state index contributed by atoms with van der Waals surface area (Å²) in [5.74, 6) is 0.423. The molecule has 0 aliphatic heterocycles. The minimum absolute atomic E-state index is 0.160. The Kier molecular flexibility index (Phi) is 2.96. The van der Waals surface area contributed by atoms with Crippen molar-refractivity contribution in [3.8, 4) is 5.69 Å². The van der Waals surface area contributed by atoms with Crippen LogP contribution in [0.25, 0.3) is 5.69 Å². The van der Waals surface area contributed by atoms with Gasteiger partial charge < -0.3 is 5.73 Å². The maximum Gasteiger partial charge on any atom is 0.154 e. The van der Waals surface area contributed by atoms with Crippen molar-refractivity contribution in [2.75, 3.05) is 0 Å². The third-order valence-electron chi connectivity index (χ3n) is 2.45. The van der Waals surface area contributed by atoms with Crippen molar-refractivity contribution in [3.63, 3.8) is 0 Å². The Balaban J connectivity index is 2.40. The van der Waals surface area contributed by atoms with Crippen LogP contribution in [0.3, 0.4) is 0 Å². The van der Waals surface area contributed by atoms with E-state index in [4.69, 9.17) is 5.73 Å². The monoisotopic (exact) mass is 220 g/mol. The summed E-state index contributed by atoms with van der Waals surface area (Å²) in [6, 6.07) is 5.98. The molecule has 4 nitrogen and oxygen atoms in total. The van der Waals surface area contributed by atoms with E-state index < -0.39 is 0 Å². The van der Waals surface area contributed by atoms with Crippen molar-refractivity contribution < 1.29 is 4.39 Å². The van der Waals surface area contributed by atoms with Gasteiger partial charge in [0.25, 0.3) is 0 Å². The highest BCUT2D eigenvalue weighted by Gasteiger charge is 2.12. The maximum atomic E-state index is 12.8. The van der Waals surface area contributed by atoms with Crippen LogP contribution in [0.15, 0.2) is 30.6 Å². The third-order valence-corrected chi connectivity index (χ3v) is 2.45. The van der Waals surface area contributed by atoms with Crippen molar-refractivity contribution in [2.24, 2.45) is 5.73 Å². The van der Waals surface area contributed by atoms with Gasteiger partial charge in [0, 0.05) is 5.69 Å². The molecule has 84 valence electrons. The number of hydrogen-bond donors (Lipinski definition) is 1. The van der Waals surface area contributed by atoms with Crippen LogP contribution < -0.4 is 5.73 Å². The minimum atomic E-state index is -0.266. The van der Waals surface area contributed by atoms with Crippen LogP contribution in [0, 0.1) is 5.82 Å². The number of halogens is 1. The molecular formula is C11H13FN4. The van der Waals surface area contributed by atoms with E-state index in [9.17, 15) is 4.39 Å². The van der Waals surface area contributed by atoms with Crippen molar-refractivity contribution in [1.29, 1.82) is 0 Å². The first-order valence-corrected chi connectivity index (χ1v) is 5.13. The number of rotatable bonds is 3. The van der Waals surface area contributed by atoms with Crippen LogP contribution in [0.4, 0.5) is 4.39 Å². The summed E-state index contributed by atoms with van der Waals surface area (Å²) in [6.07, 6.45) is 2.36. The van der Waals surface area contributed by atoms with Gasteiger partial charge in [-0.1, -0.05) is 6.92 Å². The van der Waals surface area contributed by atoms with Gasteiger partial charge in [0.2, 0.25) is 0 Å². The summed E-state index contributed by atoms with van der Waals surface area (Å²) in [5.41, 5.74) is 6.72. The predicted octanol–water partition coefficient (Wildman–Crippen LogP) is 1.82. The van der Waals surface area contributed by atoms with Gasteiger partial charge in [0.15, 0.2) is 5.82 Å². The Labute approximate surface area is 92.9 Å². The summed E-state index contributed by atoms with van der Waals surface area (Å²) < 4.78 is 14.6. The second kappa shape index (κ2) is 4.40. The average Bonchev–Trinajstić information content (AvgIpc) is 2.78. The topological polar surface area (TPSA) is 56.7 Å². The highest BCUT2D eigenvalue weighted by atomic mass is 19.1. The van der Waals surface area contributed by atoms with E-state index in [0.29, 0.717) is 5.82 Å². The van der Waals surface area contributed by atoms with Crippen molar-refractivity contribution >= 4 is 0 Å². The molecule has 1 aromatic carbocycles. The molecule has 2 rings (SSSR count). The Hall–Kier alpha value is -1.75. The first-order valence-electron chi connectivity index (χ1n) is 5.13. The van der Waals surface area contributed by atoms with E-state index >= 15 is 0 Å². The van der Waals surface area contributed by atoms with Crippen LogP contribution in [-0.4, -0.2) is 14.8 Å². The molecule has 2 N–H and O–H groups in total. The minimum Gasteiger partial charge on any atom is -0.321 e. The van der Waals surface area contributed by atoms with Crippen LogP contribution in [0.1, 0.15) is 25.2 Å². The number of aromatic nitrogens is 3. The lowest BCUT2D eigenvalue weighted by molar-refractivity contribution is 0.623. The first-order chi connectivity index (χ1) is 7.72. The molecule has 0 saturated carbocycles. The van der Waals surface area contributed by atoms with Gasteiger partial charge in [-0.05, 0) is 30.7 Å². The van der Waals surface area contributed by atoms with E-state index in [0.717, 1.165) is 12.1 Å². The molecular weight excluding hydrogens is 207 g/mol. The molecule has 16 heavy (non-hydrogen) atoms. The lowest BCUT2D eigenvalue weighted by Crippen LogP contribution is -2.14. The van der Waals surface area contributed by atoms with Crippen LogP contribution in [-0.2, 0) is 0 Å². The highest BCUT2D eigenvalue weighted by Crippen LogP contribution is 2.16. The quantitative estimate of drug-likeness (QED) is 0.858. The molecule has 1 heterocycles. The van der Waals surface area contributed by atoms with E-state index in [1.54, 1.807) is 23.0 Å². The lowest BCUT2D eigenvalue weighted by atomic mass is 10.2. The number of nitrogens with zero attached hydrogens (tertiary/aromatic N) is 3. The average molecular weight is 220 g/mol. The summed E-state index contributed by atoms with van der Waals surface area (Å²) in [6.45, 7) is 1.98. The molecule has 0 saturated heterocycles. The fraction of sp³-hybridized carbons (Fsp3) is 0.273. The Morgan fingerprint density at radius 2 is 2.06 bits per heavy atom. The maximum absolute atomic E-state index is 12.8. The second-order valence-electron chi connectivity index (χ2n) is 3.55. The zero-order valence-electron chi connectivity index (χ0n) is 8.97. The Bertz CT molecular complexity index is 463. The molecule has 0 radical (unpaired) electrons. The Morgan fingerprint density at radius 3 is 2.69 bits per heavy atom. The fourth-order valence-electron chi connectivity index (χ4n) is 1.48. The van der Waals surface area contributed by atoms with E-state index in [1.165, 1.54) is 12.1 Å². The molecule has 1 unspecified atom stereocenters. The molecule has 0 spiro atoms. The predicted molar refractivity (Wildman–Crippen MR) is 58.5 cm³/mol. The molecule has 0 aliphatic rings. The molecule has 2 aromatic rings. The molecule has 0 fully saturated rings. The van der Waals surface area contributed by atoms with E-state index in [2.05, 4.69) is 10.2 Å². The van der Waals surface area contributed by atoms with Gasteiger partial charge in [-0.15, -0.1) is 10.2 Å². The Morgan fingerprint density at radius 1 is 1.38 bits per heavy atom. The summed E-state index contributed by atoms with van der Waals surface area (Å²) >= 11 is 0. The smallest absolute Gasteiger partial charge is 0.154 e. The van der Waals surface area contributed by atoms with E-state index in [-0.39, 0.29) is 11.9 Å². The summed E-state index contributed by atoms with van der Waals surface area (Å²) in [5, 5.41) is 7.81. The molecule has 1 atom stereocenters. The zero-order valence-corrected chi connectivity index (χ0v) is 8.97. The standard InChI is InChI=1S/C11H13FN4/c1-2-10(13)11-15-14-7-16(11)9-5-3-8(12)4-6-9/h3-7,10H,2,13H2,1H3. The second-order valence-corrected chi connectivity index (χ2v) is 3.55. The molecule has 1 aromatic heterocycles. The zero-order chi connectivity index (χ0) is 11.5. The van der Waals surface area contributed by atoms with E-state index in [1.807, 2.05) is 6.92 Å². The number of hydrogen-bond acceptors (Lipinski definition) is 3. The van der Waals surface area contributed by atoms with Crippen LogP contribution in [0.2, 0.25) is 0 Å². The molecule has 0 bridgehead atoms. The number of nitrogens with two attached hydrogens (primary N) is 1. The summed E-state index contributed by atoms with van der Waals surface area (Å²) in [4.78, 5) is 0. The number of benzene rings is 1. The molecule has 0 aliphatic carbocycles. The van der Waals surface area contributed by atoms with Crippen molar-refractivity contribution in [1.82, 2.24) is 14.8 Å². The van der Waals surface area contributed by atoms with Crippen LogP contribution >= 0.6 is 0 Å².